The van der Waals surface area contributed by atoms with Crippen LogP contribution >= 0.6 is 0 Å². The van der Waals surface area contributed by atoms with Crippen LogP contribution in [0.25, 0.3) is 0 Å². The minimum absolute atomic E-state index is 0. The van der Waals surface area contributed by atoms with Crippen molar-refractivity contribution in [3.63, 3.8) is 0 Å². The average molecular weight is 140 g/mol. The number of rotatable bonds is 0. The standard InChI is InChI=1S/CHNS.BrH/c2-1-3;/h3H;1H. The zero-order valence-corrected chi connectivity index (χ0v) is 4.41. The Bertz CT molecular complexity index is 29.5. The van der Waals surface area contributed by atoms with Crippen LogP contribution in [0.5, 0.6) is 0 Å². The van der Waals surface area contributed by atoms with Gasteiger partial charge in [-0.3, -0.25) is 0 Å². The third-order valence-electron chi connectivity index (χ3n) is 0. The third kappa shape index (κ3) is 39.5. The van der Waals surface area contributed by atoms with Crippen LogP contribution in [0.4, 0.5) is 0 Å². The molecule has 0 saturated heterocycles. The second-order valence-electron chi connectivity index (χ2n) is 0.112. The van der Waals surface area contributed by atoms with E-state index in [1.807, 2.05) is 0 Å². The lowest BCUT2D eigenvalue weighted by Crippen LogP contribution is -3.00. The largest absolute Gasteiger partial charge is 1.00 e. The number of hydrogen-bond acceptors (Lipinski definition) is 1. The van der Waals surface area contributed by atoms with Crippen LogP contribution in [-0.2, 0) is 12.6 Å². The van der Waals surface area contributed by atoms with Gasteiger partial charge in [-0.2, -0.15) is 0 Å². The van der Waals surface area contributed by atoms with Crippen molar-refractivity contribution in [3.8, 4) is 5.40 Å². The fourth-order valence-corrected chi connectivity index (χ4v) is 0. The maximum absolute atomic E-state index is 7.23. The van der Waals surface area contributed by atoms with Gasteiger partial charge in [-0.1, -0.05) is 0 Å². The fourth-order valence-electron chi connectivity index (χ4n) is 0. The van der Waals surface area contributed by atoms with Crippen molar-refractivity contribution in [1.29, 1.82) is 5.26 Å². The van der Waals surface area contributed by atoms with Crippen LogP contribution in [0.3, 0.4) is 0 Å². The summed E-state index contributed by atoms with van der Waals surface area (Å²) in [6.07, 6.45) is 0. The van der Waals surface area contributed by atoms with Gasteiger partial charge in [0.15, 0.2) is 0 Å². The van der Waals surface area contributed by atoms with Gasteiger partial charge in [-0.05, 0) is 0 Å². The summed E-state index contributed by atoms with van der Waals surface area (Å²) in [5.74, 6) is 0. The molecule has 0 aromatic rings. The highest BCUT2D eigenvalue weighted by molar-refractivity contribution is 7.64. The fraction of sp³-hybridized carbons (Fsp3) is 0. The predicted molar refractivity (Wildman–Crippen MR) is 15.8 cm³/mol. The van der Waals surface area contributed by atoms with Crippen molar-refractivity contribution in [3.05, 3.63) is 0 Å². The quantitative estimate of drug-likeness (QED) is 0.253. The van der Waals surface area contributed by atoms with E-state index in [-0.39, 0.29) is 17.0 Å². The molecule has 0 aliphatic carbocycles. The molecule has 0 bridgehead atoms. The first-order valence-corrected chi connectivity index (χ1v) is 0.974. The first-order valence-electron chi connectivity index (χ1n) is 0.474. The van der Waals surface area contributed by atoms with E-state index in [0.29, 0.717) is 0 Å². The highest BCUT2D eigenvalue weighted by Crippen LogP contribution is 1.16. The number of thiocyanates is 1. The molecule has 0 amide bonds. The Kier molecular flexibility index (Phi) is 22.7. The van der Waals surface area contributed by atoms with Gasteiger partial charge in [0.2, 0.25) is 0 Å². The van der Waals surface area contributed by atoms with Crippen molar-refractivity contribution in [2.24, 2.45) is 0 Å². The van der Waals surface area contributed by atoms with Gasteiger partial charge in [-0.15, -0.1) is 5.26 Å². The Hall–Kier alpha value is 0.320. The van der Waals surface area contributed by atoms with Gasteiger partial charge < -0.3 is 17.0 Å². The molecule has 1 nitrogen and oxygen atoms in total. The molecule has 0 aromatic heterocycles. The van der Waals surface area contributed by atoms with Crippen molar-refractivity contribution in [1.82, 2.24) is 0 Å². The second-order valence-corrected chi connectivity index (χ2v) is 0.335. The molecular weight excluding hydrogens is 138 g/mol. The molecule has 0 rings (SSSR count). The van der Waals surface area contributed by atoms with Gasteiger partial charge in [-0.25, -0.2) is 0 Å². The first kappa shape index (κ1) is 8.85. The van der Waals surface area contributed by atoms with Crippen molar-refractivity contribution >= 4 is 12.6 Å². The molecular formula is CH2BrNS. The maximum atomic E-state index is 7.23. The molecule has 0 saturated carbocycles. The molecule has 24 valence electrons. The predicted octanol–water partition coefficient (Wildman–Crippen LogP) is -3.52. The van der Waals surface area contributed by atoms with Gasteiger partial charge in [0.25, 0.3) is 0 Å². The van der Waals surface area contributed by atoms with E-state index in [2.05, 4.69) is 12.6 Å². The normalized spacial score (nSPS) is 2.00. The van der Waals surface area contributed by atoms with Crippen LogP contribution in [-0.4, -0.2) is 0 Å². The maximum Gasteiger partial charge on any atom is 0.313 e. The third-order valence-corrected chi connectivity index (χ3v) is 0. The number of nitriles is 1. The smallest absolute Gasteiger partial charge is 0.313 e. The van der Waals surface area contributed by atoms with E-state index in [1.165, 1.54) is 0 Å². The van der Waals surface area contributed by atoms with E-state index in [1.54, 1.807) is 5.40 Å². The lowest BCUT2D eigenvalue weighted by Gasteiger charge is -1.00. The van der Waals surface area contributed by atoms with Crippen LogP contribution < -0.4 is 17.0 Å². The molecule has 0 aromatic carbocycles. The van der Waals surface area contributed by atoms with E-state index < -0.39 is 0 Å². The molecule has 4 heavy (non-hydrogen) atoms. The lowest BCUT2D eigenvalue weighted by molar-refractivity contribution is -0.000000794. The average Bonchev–Trinajstić information content (AvgIpc) is 0.918. The van der Waals surface area contributed by atoms with Gasteiger partial charge in [0.1, 0.15) is 0 Å². The second kappa shape index (κ2) is 10.3. The molecule has 0 spiro atoms. The Morgan fingerprint density at radius 3 is 1.75 bits per heavy atom. The van der Waals surface area contributed by atoms with E-state index >= 15 is 0 Å². The van der Waals surface area contributed by atoms with Crippen LogP contribution in [0.1, 0.15) is 0 Å². The first-order chi connectivity index (χ1) is 1.41. The summed E-state index contributed by atoms with van der Waals surface area (Å²) >= 11 is 2.49. The number of nitrogens with zero attached hydrogens (tertiary/aromatic N) is 1. The van der Waals surface area contributed by atoms with Gasteiger partial charge >= 0.3 is 5.40 Å². The highest BCUT2D eigenvalue weighted by Gasteiger charge is 1.33. The number of hydrogen-bond donors (Lipinski definition) is 0. The van der Waals surface area contributed by atoms with Crippen molar-refractivity contribution in [2.75, 3.05) is 0 Å². The molecule has 0 aliphatic heterocycles. The summed E-state index contributed by atoms with van der Waals surface area (Å²) in [7, 11) is 0. The Balaban J connectivity index is 0. The van der Waals surface area contributed by atoms with E-state index in [9.17, 15) is 0 Å². The molecule has 0 atom stereocenters. The molecule has 0 aliphatic rings. The number of halogens is 1. The summed E-state index contributed by atoms with van der Waals surface area (Å²) in [6, 6.07) is 0. The Morgan fingerprint density at radius 2 is 1.75 bits per heavy atom. The Labute approximate surface area is 40.8 Å². The lowest BCUT2D eigenvalue weighted by atomic mass is 11.8. The van der Waals surface area contributed by atoms with Crippen LogP contribution in [0.2, 0.25) is 0 Å². The van der Waals surface area contributed by atoms with Crippen LogP contribution in [0.15, 0.2) is 0 Å². The monoisotopic (exact) mass is 139 g/mol. The summed E-state index contributed by atoms with van der Waals surface area (Å²) in [6.45, 7) is 0. The summed E-state index contributed by atoms with van der Waals surface area (Å²) in [5.41, 5.74) is 0. The molecule has 0 N–H and O–H groups in total. The molecule has 0 heterocycles. The highest BCUT2D eigenvalue weighted by atomic mass is 79.9. The van der Waals surface area contributed by atoms with Gasteiger partial charge in [0, 0.05) is 0 Å². The summed E-state index contributed by atoms with van der Waals surface area (Å²) in [4.78, 5) is 0. The van der Waals surface area contributed by atoms with E-state index in [0.717, 1.165) is 0 Å². The topological polar surface area (TPSA) is 23.8 Å². The summed E-state index contributed by atoms with van der Waals surface area (Å²) < 4.78 is 0. The zero-order chi connectivity index (χ0) is 2.71. The van der Waals surface area contributed by atoms with Gasteiger partial charge in [0.05, 0.1) is 12.6 Å². The zero-order valence-electron chi connectivity index (χ0n) is 1.83. The molecule has 0 radical (unpaired) electrons. The molecule has 0 unspecified atom stereocenters. The minimum atomic E-state index is 0. The van der Waals surface area contributed by atoms with Crippen molar-refractivity contribution in [2.45, 2.75) is 0 Å². The minimum Gasteiger partial charge on any atom is -1.00 e. The van der Waals surface area contributed by atoms with E-state index in [4.69, 9.17) is 5.26 Å². The SMILES string of the molecule is N#C[SH2+].[Br-]. The van der Waals surface area contributed by atoms with Crippen LogP contribution in [0, 0.1) is 10.7 Å². The summed E-state index contributed by atoms with van der Waals surface area (Å²) in [5, 5.41) is 8.79. The Morgan fingerprint density at radius 1 is 1.75 bits per heavy atom. The molecule has 0 fully saturated rings. The molecule has 3 heteroatoms. The van der Waals surface area contributed by atoms with Crippen molar-refractivity contribution < 1.29 is 17.0 Å².